The highest BCUT2D eigenvalue weighted by atomic mass is 32.1. The van der Waals surface area contributed by atoms with E-state index in [1.807, 2.05) is 31.2 Å². The van der Waals surface area contributed by atoms with Crippen LogP contribution in [0.25, 0.3) is 28.0 Å². The van der Waals surface area contributed by atoms with Crippen molar-refractivity contribution in [3.05, 3.63) is 102 Å². The number of ether oxygens (including phenoxy) is 1. The molecule has 0 atom stereocenters. The molecule has 3 aromatic carbocycles. The van der Waals surface area contributed by atoms with Crippen LogP contribution in [-0.4, -0.2) is 20.6 Å². The van der Waals surface area contributed by atoms with Gasteiger partial charge >= 0.3 is 0 Å². The average molecular weight is 492 g/mol. The van der Waals surface area contributed by atoms with Gasteiger partial charge in [0.25, 0.3) is 0 Å². The van der Waals surface area contributed by atoms with Crippen LogP contribution < -0.4 is 10.1 Å². The van der Waals surface area contributed by atoms with Gasteiger partial charge in [0.05, 0.1) is 18.0 Å². The van der Waals surface area contributed by atoms with Gasteiger partial charge in [-0.2, -0.15) is 0 Å². The third-order valence-corrected chi connectivity index (χ3v) is 7.20. The van der Waals surface area contributed by atoms with Crippen LogP contribution in [0.1, 0.15) is 31.0 Å². The van der Waals surface area contributed by atoms with E-state index in [2.05, 4.69) is 81.1 Å². The third kappa shape index (κ3) is 3.99. The Bertz CT molecular complexity index is 1520. The molecule has 0 saturated heterocycles. The lowest BCUT2D eigenvalue weighted by Gasteiger charge is -2.13. The Morgan fingerprint density at radius 1 is 0.889 bits per heavy atom. The van der Waals surface area contributed by atoms with Crippen molar-refractivity contribution in [2.45, 2.75) is 32.7 Å². The summed E-state index contributed by atoms with van der Waals surface area (Å²) in [7, 11) is 0. The van der Waals surface area contributed by atoms with Crippen LogP contribution in [0.2, 0.25) is 0 Å². The van der Waals surface area contributed by atoms with E-state index in [4.69, 9.17) is 17.0 Å². The fraction of sp³-hybridized carbons (Fsp3) is 0.194. The van der Waals surface area contributed by atoms with Gasteiger partial charge in [-0.05, 0) is 61.6 Å². The molecule has 3 heterocycles. The Balaban J connectivity index is 1.54. The van der Waals surface area contributed by atoms with Crippen LogP contribution in [0.3, 0.4) is 0 Å². The molecule has 0 amide bonds. The van der Waals surface area contributed by atoms with E-state index in [9.17, 15) is 0 Å². The zero-order valence-electron chi connectivity index (χ0n) is 20.4. The molecule has 0 radical (unpaired) electrons. The van der Waals surface area contributed by atoms with Gasteiger partial charge in [-0.3, -0.25) is 4.40 Å². The lowest BCUT2D eigenvalue weighted by atomic mass is 9.98. The van der Waals surface area contributed by atoms with Crippen LogP contribution in [0.15, 0.2) is 91.1 Å². The van der Waals surface area contributed by atoms with Gasteiger partial charge in [0.15, 0.2) is 0 Å². The summed E-state index contributed by atoms with van der Waals surface area (Å²) in [4.78, 5) is 0.719. The number of aryl methyl sites for hydroxylation is 2. The summed E-state index contributed by atoms with van der Waals surface area (Å²) in [6.07, 6.45) is 5.64. The number of imidazole rings is 1. The zero-order chi connectivity index (χ0) is 24.5. The quantitative estimate of drug-likeness (QED) is 0.248. The summed E-state index contributed by atoms with van der Waals surface area (Å²) in [6.45, 7) is 3.65. The second kappa shape index (κ2) is 9.67. The Morgan fingerprint density at radius 2 is 1.58 bits per heavy atom. The van der Waals surface area contributed by atoms with Crippen LogP contribution >= 0.6 is 12.2 Å². The first-order valence-electron chi connectivity index (χ1n) is 12.7. The topological polar surface area (TPSA) is 30.6 Å². The number of anilines is 1. The predicted octanol–water partition coefficient (Wildman–Crippen LogP) is 7.60. The maximum Gasteiger partial charge on any atom is 0.128 e. The van der Waals surface area contributed by atoms with Crippen molar-refractivity contribution in [1.82, 2.24) is 8.97 Å². The van der Waals surface area contributed by atoms with Gasteiger partial charge in [0.2, 0.25) is 0 Å². The van der Waals surface area contributed by atoms with E-state index in [0.717, 1.165) is 47.9 Å². The number of benzene rings is 3. The first-order chi connectivity index (χ1) is 17.7. The largest absolute Gasteiger partial charge is 0.494 e. The molecule has 36 heavy (non-hydrogen) atoms. The number of nitrogens with one attached hydrogen (secondary N) is 1. The smallest absolute Gasteiger partial charge is 0.128 e. The van der Waals surface area contributed by atoms with Gasteiger partial charge in [-0.15, -0.1) is 0 Å². The number of nitrogens with zero attached hydrogens (tertiary/aromatic N) is 2. The Kier molecular flexibility index (Phi) is 6.08. The third-order valence-electron chi connectivity index (χ3n) is 6.90. The molecule has 0 aliphatic carbocycles. The molecule has 0 unspecified atom stereocenters. The van der Waals surface area contributed by atoms with E-state index >= 15 is 0 Å². The average Bonchev–Trinajstić information content (AvgIpc) is 3.34. The van der Waals surface area contributed by atoms with Crippen molar-refractivity contribution in [2.75, 3.05) is 11.9 Å². The van der Waals surface area contributed by atoms with Gasteiger partial charge in [0, 0.05) is 29.6 Å². The molecule has 0 saturated carbocycles. The molecule has 1 aliphatic heterocycles. The summed E-state index contributed by atoms with van der Waals surface area (Å²) >= 11 is 6.11. The van der Waals surface area contributed by atoms with Crippen molar-refractivity contribution >= 4 is 28.5 Å². The molecule has 2 aromatic heterocycles. The number of aromatic nitrogens is 2. The summed E-state index contributed by atoms with van der Waals surface area (Å²) in [5, 5.41) is 3.52. The molecule has 0 spiro atoms. The van der Waals surface area contributed by atoms with Crippen molar-refractivity contribution in [3.63, 3.8) is 0 Å². The molecule has 6 rings (SSSR count). The van der Waals surface area contributed by atoms with Gasteiger partial charge in [-0.1, -0.05) is 72.9 Å². The highest BCUT2D eigenvalue weighted by molar-refractivity contribution is 7.81. The van der Waals surface area contributed by atoms with Gasteiger partial charge < -0.3 is 14.6 Å². The van der Waals surface area contributed by atoms with Crippen molar-refractivity contribution < 1.29 is 4.74 Å². The molecular formula is C31H29N3OS. The molecular weight excluding hydrogens is 462 g/mol. The van der Waals surface area contributed by atoms with Crippen molar-refractivity contribution in [1.29, 1.82) is 0 Å². The van der Waals surface area contributed by atoms with Crippen molar-refractivity contribution in [2.24, 2.45) is 0 Å². The molecule has 1 N–H and O–H groups in total. The normalized spacial score (nSPS) is 12.9. The lowest BCUT2D eigenvalue weighted by Crippen LogP contribution is -2.14. The molecule has 5 heteroatoms. The maximum atomic E-state index is 6.11. The molecule has 5 aromatic rings. The standard InChI is InChI=1S/C31H29N3OS/c1-2-35-25-18-16-24(17-19-25)32-30(36)29-28(23-13-7-4-8-14-23)26-15-9-10-20-33-27(21-34(29)31(26)33)22-11-5-3-6-12-22/h3-8,11-14,16-19,21H,2,9-10,15,20H2,1H3,(H,32,36). The minimum Gasteiger partial charge on any atom is -0.494 e. The first kappa shape index (κ1) is 22.6. The fourth-order valence-corrected chi connectivity index (χ4v) is 5.67. The number of rotatable bonds is 6. The molecule has 0 bridgehead atoms. The molecule has 4 nitrogen and oxygen atoms in total. The number of hydrogen-bond acceptors (Lipinski definition) is 2. The van der Waals surface area contributed by atoms with Crippen LogP contribution in [0, 0.1) is 0 Å². The minimum absolute atomic E-state index is 0.650. The maximum absolute atomic E-state index is 6.11. The summed E-state index contributed by atoms with van der Waals surface area (Å²) < 4.78 is 10.4. The highest BCUT2D eigenvalue weighted by Gasteiger charge is 2.28. The Hall–Kier alpha value is -3.83. The van der Waals surface area contributed by atoms with Gasteiger partial charge in [-0.25, -0.2) is 0 Å². The van der Waals surface area contributed by atoms with E-state index in [1.165, 1.54) is 33.6 Å². The predicted molar refractivity (Wildman–Crippen MR) is 152 cm³/mol. The second-order valence-electron chi connectivity index (χ2n) is 9.16. The van der Waals surface area contributed by atoms with E-state index < -0.39 is 0 Å². The van der Waals surface area contributed by atoms with Gasteiger partial charge in [0.1, 0.15) is 16.4 Å². The zero-order valence-corrected chi connectivity index (χ0v) is 21.2. The monoisotopic (exact) mass is 491 g/mol. The van der Waals surface area contributed by atoms with Crippen LogP contribution in [0.4, 0.5) is 5.69 Å². The molecule has 1 aliphatic rings. The Labute approximate surface area is 217 Å². The minimum atomic E-state index is 0.650. The first-order valence-corrected chi connectivity index (χ1v) is 13.1. The number of thiocarbonyl (C=S) groups is 1. The highest BCUT2D eigenvalue weighted by Crippen LogP contribution is 2.39. The summed E-state index contributed by atoms with van der Waals surface area (Å²) in [5.74, 6) is 0.859. The SMILES string of the molecule is CCOc1ccc(NC(=S)c2c(-c3ccccc3)c3c4n(c(-c5ccccc5)cn24)CCCC3)cc1. The molecule has 0 fully saturated rings. The van der Waals surface area contributed by atoms with E-state index in [1.54, 1.807) is 0 Å². The number of hydrogen-bond donors (Lipinski definition) is 1. The summed E-state index contributed by atoms with van der Waals surface area (Å²) in [6, 6.07) is 29.4. The summed E-state index contributed by atoms with van der Waals surface area (Å²) in [5.41, 5.74) is 9.55. The fourth-order valence-electron chi connectivity index (χ4n) is 5.36. The van der Waals surface area contributed by atoms with Crippen LogP contribution in [-0.2, 0) is 13.0 Å². The van der Waals surface area contributed by atoms with E-state index in [0.29, 0.717) is 6.61 Å². The lowest BCUT2D eigenvalue weighted by molar-refractivity contribution is 0.340. The second-order valence-corrected chi connectivity index (χ2v) is 9.57. The Morgan fingerprint density at radius 3 is 2.28 bits per heavy atom. The van der Waals surface area contributed by atoms with Crippen LogP contribution in [0.5, 0.6) is 5.75 Å². The van der Waals surface area contributed by atoms with E-state index in [-0.39, 0.29) is 0 Å². The molecule has 180 valence electrons. The van der Waals surface area contributed by atoms with Crippen molar-refractivity contribution in [3.8, 4) is 28.1 Å².